The molecule has 0 aliphatic rings. The minimum atomic E-state index is -3.48. The summed E-state index contributed by atoms with van der Waals surface area (Å²) in [7, 11) is -3.48. The van der Waals surface area contributed by atoms with Gasteiger partial charge < -0.3 is 15.8 Å². The Kier molecular flexibility index (Phi) is 4.74. The molecule has 0 radical (unpaired) electrons. The molecular weight excluding hydrogens is 256 g/mol. The summed E-state index contributed by atoms with van der Waals surface area (Å²) in [6, 6.07) is 3.29. The second-order valence-corrected chi connectivity index (χ2v) is 5.79. The first-order valence-corrected chi connectivity index (χ1v) is 7.17. The van der Waals surface area contributed by atoms with E-state index in [1.165, 1.54) is 0 Å². The average Bonchev–Trinajstić information content (AvgIpc) is 2.20. The Labute approximate surface area is 107 Å². The molecular formula is C10H18N4O3S. The van der Waals surface area contributed by atoms with Crippen molar-refractivity contribution in [1.29, 1.82) is 0 Å². The summed E-state index contributed by atoms with van der Waals surface area (Å²) < 4.78 is 26.9. The number of nitrogens with one attached hydrogen (secondary N) is 1. The Morgan fingerprint density at radius 1 is 1.44 bits per heavy atom. The van der Waals surface area contributed by atoms with Gasteiger partial charge in [-0.3, -0.25) is 0 Å². The van der Waals surface area contributed by atoms with Gasteiger partial charge in [0.05, 0.1) is 17.5 Å². The fourth-order valence-corrected chi connectivity index (χ4v) is 1.58. The summed E-state index contributed by atoms with van der Waals surface area (Å²) in [5.74, 6) is 0.647. The highest BCUT2D eigenvalue weighted by atomic mass is 32.2. The molecule has 0 unspecified atom stereocenters. The molecule has 0 saturated heterocycles. The molecule has 0 fully saturated rings. The Morgan fingerprint density at radius 2 is 2.11 bits per heavy atom. The molecule has 1 aromatic rings. The van der Waals surface area contributed by atoms with E-state index in [4.69, 9.17) is 15.6 Å². The molecule has 1 heterocycles. The number of hydrogen-bond acceptors (Lipinski definition) is 6. The highest BCUT2D eigenvalue weighted by Crippen LogP contribution is 2.21. The number of hydrogen-bond donors (Lipinski definition) is 3. The molecule has 5 N–H and O–H groups in total. The average molecular weight is 274 g/mol. The van der Waals surface area contributed by atoms with Crippen LogP contribution in [0.15, 0.2) is 12.1 Å². The number of primary sulfonamides is 1. The lowest BCUT2D eigenvalue weighted by atomic mass is 10.4. The molecule has 0 aliphatic heterocycles. The Morgan fingerprint density at radius 3 is 2.67 bits per heavy atom. The maximum absolute atomic E-state index is 10.8. The number of nitrogen functional groups attached to an aromatic ring is 1. The van der Waals surface area contributed by atoms with Crippen molar-refractivity contribution in [3.8, 4) is 5.88 Å². The van der Waals surface area contributed by atoms with Crippen LogP contribution in [-0.4, -0.2) is 31.8 Å². The first-order chi connectivity index (χ1) is 8.28. The number of nitrogens with zero attached hydrogens (tertiary/aromatic N) is 1. The second-order valence-electron chi connectivity index (χ2n) is 4.05. The summed E-state index contributed by atoms with van der Waals surface area (Å²) in [4.78, 5) is 4.14. The SMILES string of the molecule is CC(C)Oc1nc(NCCS(N)(=O)=O)ccc1N. The molecule has 102 valence electrons. The van der Waals surface area contributed by atoms with E-state index in [0.29, 0.717) is 17.4 Å². The van der Waals surface area contributed by atoms with Crippen LogP contribution in [0.2, 0.25) is 0 Å². The van der Waals surface area contributed by atoms with Gasteiger partial charge in [0.15, 0.2) is 0 Å². The largest absolute Gasteiger partial charge is 0.473 e. The Hall–Kier alpha value is -1.54. The van der Waals surface area contributed by atoms with E-state index >= 15 is 0 Å². The maximum Gasteiger partial charge on any atom is 0.239 e. The van der Waals surface area contributed by atoms with E-state index in [2.05, 4.69) is 10.3 Å². The van der Waals surface area contributed by atoms with Gasteiger partial charge in [0.25, 0.3) is 0 Å². The monoisotopic (exact) mass is 274 g/mol. The van der Waals surface area contributed by atoms with Crippen LogP contribution in [-0.2, 0) is 10.0 Å². The van der Waals surface area contributed by atoms with Crippen molar-refractivity contribution in [3.63, 3.8) is 0 Å². The lowest BCUT2D eigenvalue weighted by Crippen LogP contribution is -2.22. The first-order valence-electron chi connectivity index (χ1n) is 5.45. The zero-order valence-electron chi connectivity index (χ0n) is 10.4. The van der Waals surface area contributed by atoms with Crippen LogP contribution >= 0.6 is 0 Å². The molecule has 7 nitrogen and oxygen atoms in total. The van der Waals surface area contributed by atoms with E-state index in [9.17, 15) is 8.42 Å². The molecule has 18 heavy (non-hydrogen) atoms. The number of sulfonamides is 1. The van der Waals surface area contributed by atoms with Gasteiger partial charge in [0, 0.05) is 6.54 Å². The van der Waals surface area contributed by atoms with Gasteiger partial charge in [-0.05, 0) is 26.0 Å². The van der Waals surface area contributed by atoms with Crippen molar-refractivity contribution in [3.05, 3.63) is 12.1 Å². The van der Waals surface area contributed by atoms with Crippen molar-refractivity contribution >= 4 is 21.5 Å². The predicted octanol–water partition coefficient (Wildman–Crippen LogP) is 0.151. The summed E-state index contributed by atoms with van der Waals surface area (Å²) in [6.45, 7) is 3.90. The zero-order chi connectivity index (χ0) is 13.8. The normalized spacial score (nSPS) is 11.6. The summed E-state index contributed by atoms with van der Waals surface area (Å²) >= 11 is 0. The Balaban J connectivity index is 2.67. The molecule has 0 saturated carbocycles. The fourth-order valence-electron chi connectivity index (χ4n) is 1.19. The number of rotatable bonds is 6. The number of nitrogens with two attached hydrogens (primary N) is 2. The second kappa shape index (κ2) is 5.87. The third kappa shape index (κ3) is 5.19. The Bertz CT molecular complexity index is 502. The van der Waals surface area contributed by atoms with Crippen LogP contribution in [0.25, 0.3) is 0 Å². The van der Waals surface area contributed by atoms with E-state index < -0.39 is 10.0 Å². The van der Waals surface area contributed by atoms with Gasteiger partial charge >= 0.3 is 0 Å². The van der Waals surface area contributed by atoms with E-state index in [1.54, 1.807) is 12.1 Å². The number of anilines is 2. The summed E-state index contributed by atoms with van der Waals surface area (Å²) in [5, 5.41) is 7.72. The highest BCUT2D eigenvalue weighted by molar-refractivity contribution is 7.89. The minimum Gasteiger partial charge on any atom is -0.473 e. The standard InChI is InChI=1S/C10H18N4O3S/c1-7(2)17-10-8(11)3-4-9(14-10)13-5-6-18(12,15)16/h3-4,7H,5-6,11H2,1-2H3,(H,13,14)(H2,12,15,16). The molecule has 0 amide bonds. The summed E-state index contributed by atoms with van der Waals surface area (Å²) in [5.41, 5.74) is 6.14. The van der Waals surface area contributed by atoms with Crippen molar-refractivity contribution in [2.24, 2.45) is 5.14 Å². The van der Waals surface area contributed by atoms with Crippen LogP contribution < -0.4 is 20.9 Å². The van der Waals surface area contributed by atoms with Gasteiger partial charge in [0.2, 0.25) is 15.9 Å². The van der Waals surface area contributed by atoms with E-state index in [0.717, 1.165) is 0 Å². The molecule has 1 aromatic heterocycles. The molecule has 0 aliphatic carbocycles. The molecule has 1 rings (SSSR count). The van der Waals surface area contributed by atoms with Crippen LogP contribution in [0, 0.1) is 0 Å². The maximum atomic E-state index is 10.8. The van der Waals surface area contributed by atoms with Gasteiger partial charge in [-0.15, -0.1) is 0 Å². The molecule has 8 heteroatoms. The third-order valence-corrected chi connectivity index (χ3v) is 2.70. The van der Waals surface area contributed by atoms with Crippen molar-refractivity contribution in [2.45, 2.75) is 20.0 Å². The van der Waals surface area contributed by atoms with Gasteiger partial charge in [-0.2, -0.15) is 4.98 Å². The van der Waals surface area contributed by atoms with Gasteiger partial charge in [-0.1, -0.05) is 0 Å². The molecule has 0 aromatic carbocycles. The van der Waals surface area contributed by atoms with Crippen molar-refractivity contribution < 1.29 is 13.2 Å². The number of aromatic nitrogens is 1. The van der Waals surface area contributed by atoms with E-state index in [-0.39, 0.29) is 18.4 Å². The van der Waals surface area contributed by atoms with Crippen LogP contribution in [0.1, 0.15) is 13.8 Å². The predicted molar refractivity (Wildman–Crippen MR) is 70.9 cm³/mol. The van der Waals surface area contributed by atoms with Crippen LogP contribution in [0.4, 0.5) is 11.5 Å². The lowest BCUT2D eigenvalue weighted by Gasteiger charge is -2.12. The third-order valence-electron chi connectivity index (χ3n) is 1.93. The minimum absolute atomic E-state index is 0.0422. The molecule has 0 spiro atoms. The lowest BCUT2D eigenvalue weighted by molar-refractivity contribution is 0.234. The fraction of sp³-hybridized carbons (Fsp3) is 0.500. The summed E-state index contributed by atoms with van der Waals surface area (Å²) in [6.07, 6.45) is -0.0422. The quantitative estimate of drug-likeness (QED) is 0.679. The van der Waals surface area contributed by atoms with Crippen LogP contribution in [0.5, 0.6) is 5.88 Å². The van der Waals surface area contributed by atoms with Gasteiger partial charge in [-0.25, -0.2) is 13.6 Å². The topological polar surface area (TPSA) is 120 Å². The first kappa shape index (κ1) is 14.5. The number of ether oxygens (including phenoxy) is 1. The van der Waals surface area contributed by atoms with E-state index in [1.807, 2.05) is 13.8 Å². The molecule has 0 atom stereocenters. The number of pyridine rings is 1. The smallest absolute Gasteiger partial charge is 0.239 e. The van der Waals surface area contributed by atoms with Gasteiger partial charge in [0.1, 0.15) is 5.82 Å². The van der Waals surface area contributed by atoms with Crippen LogP contribution in [0.3, 0.4) is 0 Å². The zero-order valence-corrected chi connectivity index (χ0v) is 11.2. The highest BCUT2D eigenvalue weighted by Gasteiger charge is 2.07. The van der Waals surface area contributed by atoms with Crippen molar-refractivity contribution in [2.75, 3.05) is 23.3 Å². The van der Waals surface area contributed by atoms with Crippen molar-refractivity contribution in [1.82, 2.24) is 4.98 Å². The molecule has 0 bridgehead atoms.